The number of phosphoric ester groups is 1. The van der Waals surface area contributed by atoms with Crippen LogP contribution in [0.2, 0.25) is 0 Å². The van der Waals surface area contributed by atoms with Crippen LogP contribution in [0.15, 0.2) is 12.7 Å². The lowest BCUT2D eigenvalue weighted by molar-refractivity contribution is -0.220. The minimum atomic E-state index is -5.12. The van der Waals surface area contributed by atoms with E-state index in [1.807, 2.05) is 6.08 Å². The molecule has 1 rings (SSSR count). The number of allylic oxidation sites excluding steroid dienone is 1. The van der Waals surface area contributed by atoms with Crippen molar-refractivity contribution in [1.82, 2.24) is 0 Å². The molecule has 1 aliphatic carbocycles. The van der Waals surface area contributed by atoms with Gasteiger partial charge in [0.05, 0.1) is 6.61 Å². The SMILES string of the molecule is C=CCCCCCCCCCCCCCCCC(=O)OC[C@H](COP(=O)(O)OC1C(O)C(O)C(O)[C@@H](O)C1O)OC(=O)CCCCCCCCCCCCCCCCCCCCCCC. The lowest BCUT2D eigenvalue weighted by Gasteiger charge is -2.41. The summed E-state index contributed by atoms with van der Waals surface area (Å²) in [6.45, 7) is 4.88. The zero-order valence-electron chi connectivity index (χ0n) is 40.9. The molecule has 0 radical (unpaired) electrons. The molecule has 0 aliphatic heterocycles. The summed E-state index contributed by atoms with van der Waals surface area (Å²) in [4.78, 5) is 35.8. The fourth-order valence-electron chi connectivity index (χ4n) is 8.51. The Labute approximate surface area is 394 Å². The van der Waals surface area contributed by atoms with Crippen LogP contribution in [0.1, 0.15) is 244 Å². The number of unbranched alkanes of at least 4 members (excludes halogenated alkanes) is 33. The fourth-order valence-corrected chi connectivity index (χ4v) is 9.48. The Morgan fingerprint density at radius 1 is 0.492 bits per heavy atom. The standard InChI is InChI=1S/C51H97O13P/c1-3-5-7-9-11-13-15-17-19-20-21-22-23-24-26-28-30-32-34-36-38-40-45(53)63-43(42-62-65(59,60)64-51-49(57)47(55)46(54)48(56)50(51)58)41-61-44(52)39-37-35-33-31-29-27-25-18-16-14-12-10-8-6-4-2/h4,43,46-51,54-58H,2-3,5-42H2,1H3,(H,59,60)/t43-,46?,47-,48?,49?,50?,51?/m1/s1. The normalized spacial score (nSPS) is 21.2. The molecule has 6 unspecified atom stereocenters. The number of ether oxygens (including phenoxy) is 2. The number of aliphatic hydroxyl groups excluding tert-OH is 5. The van der Waals surface area contributed by atoms with Crippen molar-refractivity contribution >= 4 is 19.8 Å². The van der Waals surface area contributed by atoms with E-state index in [-0.39, 0.29) is 12.8 Å². The minimum absolute atomic E-state index is 0.103. The van der Waals surface area contributed by atoms with Gasteiger partial charge in [-0.1, -0.05) is 212 Å². The highest BCUT2D eigenvalue weighted by atomic mass is 31.2. The molecule has 0 bridgehead atoms. The molecular formula is C51H97O13P. The van der Waals surface area contributed by atoms with Gasteiger partial charge in [-0.25, -0.2) is 4.57 Å². The highest BCUT2D eigenvalue weighted by Crippen LogP contribution is 2.47. The molecule has 1 fully saturated rings. The molecule has 1 saturated carbocycles. The summed E-state index contributed by atoms with van der Waals surface area (Å²) < 4.78 is 33.7. The van der Waals surface area contributed by atoms with Crippen LogP contribution in [0.3, 0.4) is 0 Å². The van der Waals surface area contributed by atoms with E-state index in [9.17, 15) is 44.6 Å². The van der Waals surface area contributed by atoms with Crippen molar-refractivity contribution in [3.05, 3.63) is 12.7 Å². The van der Waals surface area contributed by atoms with Gasteiger partial charge in [-0.05, 0) is 25.7 Å². The second-order valence-corrected chi connectivity index (χ2v) is 20.2. The van der Waals surface area contributed by atoms with E-state index < -0.39 is 75.7 Å². The van der Waals surface area contributed by atoms with Crippen LogP contribution in [0.4, 0.5) is 0 Å². The summed E-state index contributed by atoms with van der Waals surface area (Å²) in [7, 11) is -5.12. The highest BCUT2D eigenvalue weighted by Gasteiger charge is 2.51. The Balaban J connectivity index is 2.35. The molecule has 0 aromatic carbocycles. The smallest absolute Gasteiger partial charge is 0.462 e. The van der Waals surface area contributed by atoms with Crippen LogP contribution in [-0.2, 0) is 32.7 Å². The monoisotopic (exact) mass is 949 g/mol. The third-order valence-electron chi connectivity index (χ3n) is 12.8. The Morgan fingerprint density at radius 2 is 0.815 bits per heavy atom. The number of carbonyl (C=O) groups is 2. The number of esters is 2. The van der Waals surface area contributed by atoms with Crippen LogP contribution in [0.25, 0.3) is 0 Å². The van der Waals surface area contributed by atoms with E-state index in [2.05, 4.69) is 13.5 Å². The lowest BCUT2D eigenvalue weighted by Crippen LogP contribution is -2.64. The molecule has 0 aromatic rings. The number of aliphatic hydroxyl groups is 5. The quantitative estimate of drug-likeness (QED) is 0.0145. The zero-order chi connectivity index (χ0) is 47.8. The van der Waals surface area contributed by atoms with E-state index in [4.69, 9.17) is 18.5 Å². The molecule has 14 heteroatoms. The van der Waals surface area contributed by atoms with E-state index in [0.717, 1.165) is 44.9 Å². The molecule has 65 heavy (non-hydrogen) atoms. The van der Waals surface area contributed by atoms with Gasteiger partial charge in [0, 0.05) is 12.8 Å². The maximum absolute atomic E-state index is 12.9. The molecule has 0 amide bonds. The van der Waals surface area contributed by atoms with Crippen LogP contribution in [0.5, 0.6) is 0 Å². The third-order valence-corrected chi connectivity index (χ3v) is 13.7. The van der Waals surface area contributed by atoms with Crippen molar-refractivity contribution in [2.24, 2.45) is 0 Å². The van der Waals surface area contributed by atoms with E-state index in [1.54, 1.807) is 0 Å². The van der Waals surface area contributed by atoms with E-state index >= 15 is 0 Å². The van der Waals surface area contributed by atoms with Crippen LogP contribution in [0, 0.1) is 0 Å². The maximum Gasteiger partial charge on any atom is 0.472 e. The predicted octanol–water partition coefficient (Wildman–Crippen LogP) is 11.4. The first-order valence-electron chi connectivity index (χ1n) is 26.5. The van der Waals surface area contributed by atoms with Crippen LogP contribution < -0.4 is 0 Å². The molecule has 0 heterocycles. The average Bonchev–Trinajstić information content (AvgIpc) is 3.29. The second-order valence-electron chi connectivity index (χ2n) is 18.8. The molecular weight excluding hydrogens is 852 g/mol. The molecule has 384 valence electrons. The molecule has 1 aliphatic rings. The number of phosphoric acid groups is 1. The topological polar surface area (TPSA) is 210 Å². The van der Waals surface area contributed by atoms with Gasteiger partial charge in [0.1, 0.15) is 43.2 Å². The molecule has 6 N–H and O–H groups in total. The Morgan fingerprint density at radius 3 is 1.18 bits per heavy atom. The van der Waals surface area contributed by atoms with Crippen LogP contribution >= 0.6 is 7.82 Å². The lowest BCUT2D eigenvalue weighted by atomic mass is 9.85. The third kappa shape index (κ3) is 33.7. The van der Waals surface area contributed by atoms with Crippen LogP contribution in [-0.4, -0.2) is 98.3 Å². The number of hydrogen-bond acceptors (Lipinski definition) is 12. The summed E-state index contributed by atoms with van der Waals surface area (Å²) >= 11 is 0. The van der Waals surface area contributed by atoms with Gasteiger partial charge >= 0.3 is 19.8 Å². The highest BCUT2D eigenvalue weighted by molar-refractivity contribution is 7.47. The summed E-state index contributed by atoms with van der Waals surface area (Å²) in [5.41, 5.74) is 0. The minimum Gasteiger partial charge on any atom is -0.462 e. The molecule has 0 aromatic heterocycles. The van der Waals surface area contributed by atoms with Crippen molar-refractivity contribution < 1.29 is 63.1 Å². The van der Waals surface area contributed by atoms with Gasteiger partial charge in [-0.3, -0.25) is 18.6 Å². The second kappa shape index (κ2) is 41.6. The molecule has 8 atom stereocenters. The van der Waals surface area contributed by atoms with Gasteiger partial charge in [-0.2, -0.15) is 0 Å². The van der Waals surface area contributed by atoms with Crippen molar-refractivity contribution in [1.29, 1.82) is 0 Å². The number of carbonyl (C=O) groups excluding carboxylic acids is 2. The molecule has 0 saturated heterocycles. The predicted molar refractivity (Wildman–Crippen MR) is 258 cm³/mol. The van der Waals surface area contributed by atoms with E-state index in [0.29, 0.717) is 12.8 Å². The Bertz CT molecular complexity index is 1170. The maximum atomic E-state index is 12.9. The van der Waals surface area contributed by atoms with Gasteiger partial charge in [-0.15, -0.1) is 6.58 Å². The summed E-state index contributed by atoms with van der Waals surface area (Å²) in [5.74, 6) is -1.09. The number of rotatable bonds is 46. The Kier molecular flexibility index (Phi) is 39.4. The first-order chi connectivity index (χ1) is 31.4. The van der Waals surface area contributed by atoms with Gasteiger partial charge in [0.2, 0.25) is 0 Å². The van der Waals surface area contributed by atoms with E-state index in [1.165, 1.54) is 167 Å². The first-order valence-corrected chi connectivity index (χ1v) is 27.9. The van der Waals surface area contributed by atoms with Crippen molar-refractivity contribution in [2.45, 2.75) is 287 Å². The Hall–Kier alpha value is -1.41. The van der Waals surface area contributed by atoms with Crippen molar-refractivity contribution in [3.63, 3.8) is 0 Å². The van der Waals surface area contributed by atoms with Gasteiger partial charge < -0.3 is 39.9 Å². The fraction of sp³-hybridized carbons (Fsp3) is 0.922. The van der Waals surface area contributed by atoms with Gasteiger partial charge in [0.15, 0.2) is 6.10 Å². The average molecular weight is 949 g/mol. The summed E-state index contributed by atoms with van der Waals surface area (Å²) in [6, 6.07) is 0. The summed E-state index contributed by atoms with van der Waals surface area (Å²) in [5, 5.41) is 50.3. The first kappa shape index (κ1) is 61.6. The number of hydrogen-bond donors (Lipinski definition) is 6. The van der Waals surface area contributed by atoms with Gasteiger partial charge in [0.25, 0.3) is 0 Å². The largest absolute Gasteiger partial charge is 0.472 e. The molecule has 13 nitrogen and oxygen atoms in total. The summed E-state index contributed by atoms with van der Waals surface area (Å²) in [6.07, 6.45) is 31.5. The van der Waals surface area contributed by atoms with Crippen molar-refractivity contribution in [2.75, 3.05) is 13.2 Å². The molecule has 0 spiro atoms. The zero-order valence-corrected chi connectivity index (χ0v) is 41.8. The van der Waals surface area contributed by atoms with Crippen molar-refractivity contribution in [3.8, 4) is 0 Å².